The Balaban J connectivity index is 1.92. The third-order valence-electron chi connectivity index (χ3n) is 3.81. The van der Waals surface area contributed by atoms with E-state index < -0.39 is 0 Å². The third kappa shape index (κ3) is 2.27. The Morgan fingerprint density at radius 1 is 1.21 bits per heavy atom. The molecule has 2 aliphatic heterocycles. The number of hydrogen-bond donors (Lipinski definition) is 2. The highest BCUT2D eigenvalue weighted by atomic mass is 16.3. The minimum absolute atomic E-state index is 0.0469. The quantitative estimate of drug-likeness (QED) is 0.636. The molecule has 0 aliphatic carbocycles. The Kier molecular flexibility index (Phi) is 3.42. The maximum atomic E-state index is 9.99. The van der Waals surface area contributed by atoms with Crippen LogP contribution in [0.3, 0.4) is 0 Å². The molecular weight excluding hydrogens is 176 g/mol. The number of piperidine rings is 2. The molecule has 0 aromatic rings. The monoisotopic (exact) mass is 198 g/mol. The molecule has 0 aromatic heterocycles. The molecule has 2 saturated heterocycles. The summed E-state index contributed by atoms with van der Waals surface area (Å²) in [6, 6.07) is 0. The van der Waals surface area contributed by atoms with Gasteiger partial charge in [-0.15, -0.1) is 0 Å². The molecule has 2 aliphatic rings. The summed E-state index contributed by atoms with van der Waals surface area (Å²) in [5.41, 5.74) is 0. The zero-order valence-electron chi connectivity index (χ0n) is 9.08. The first-order valence-corrected chi connectivity index (χ1v) is 5.84. The molecular formula is C11H22N2O. The van der Waals surface area contributed by atoms with Crippen molar-refractivity contribution in [1.82, 2.24) is 10.2 Å². The Morgan fingerprint density at radius 2 is 1.93 bits per heavy atom. The lowest BCUT2D eigenvalue weighted by Gasteiger charge is -2.40. The number of aliphatic hydroxyl groups is 1. The summed E-state index contributed by atoms with van der Waals surface area (Å²) >= 11 is 0. The molecule has 0 bridgehead atoms. The summed E-state index contributed by atoms with van der Waals surface area (Å²) < 4.78 is 0. The molecule has 0 aromatic carbocycles. The van der Waals surface area contributed by atoms with Crippen LogP contribution in [0.2, 0.25) is 0 Å². The second-order valence-electron chi connectivity index (χ2n) is 4.87. The van der Waals surface area contributed by atoms with Crippen LogP contribution in [0.4, 0.5) is 0 Å². The fraction of sp³-hybridized carbons (Fsp3) is 1.00. The van der Waals surface area contributed by atoms with Crippen LogP contribution in [0.5, 0.6) is 0 Å². The topological polar surface area (TPSA) is 35.5 Å². The average molecular weight is 198 g/mol. The molecule has 3 heteroatoms. The molecule has 14 heavy (non-hydrogen) atoms. The first-order chi connectivity index (χ1) is 6.77. The fourth-order valence-electron chi connectivity index (χ4n) is 2.88. The smallest absolute Gasteiger partial charge is 0.0595 e. The second kappa shape index (κ2) is 4.60. The standard InChI is InChI=1S/C11H22N2O/c1-13-7-4-11(14)10(8-13)9-2-5-12-6-3-9/h9-12,14H,2-8H2,1H3. The van der Waals surface area contributed by atoms with Gasteiger partial charge in [0.05, 0.1) is 6.10 Å². The van der Waals surface area contributed by atoms with Crippen LogP contribution in [-0.2, 0) is 0 Å². The van der Waals surface area contributed by atoms with E-state index in [4.69, 9.17) is 0 Å². The van der Waals surface area contributed by atoms with Crippen molar-refractivity contribution in [3.63, 3.8) is 0 Å². The molecule has 2 fully saturated rings. The third-order valence-corrected chi connectivity index (χ3v) is 3.81. The van der Waals surface area contributed by atoms with Gasteiger partial charge in [-0.2, -0.15) is 0 Å². The minimum atomic E-state index is -0.0469. The summed E-state index contributed by atoms with van der Waals surface area (Å²) in [5, 5.41) is 13.4. The normalized spacial score (nSPS) is 37.3. The predicted octanol–water partition coefficient (Wildman–Crippen LogP) is 0.299. The fourth-order valence-corrected chi connectivity index (χ4v) is 2.88. The maximum Gasteiger partial charge on any atom is 0.0595 e. The van der Waals surface area contributed by atoms with Gasteiger partial charge in [0.25, 0.3) is 0 Å². The van der Waals surface area contributed by atoms with Crippen LogP contribution < -0.4 is 5.32 Å². The number of likely N-dealkylation sites (tertiary alicyclic amines) is 1. The molecule has 2 heterocycles. The van der Waals surface area contributed by atoms with Crippen molar-refractivity contribution >= 4 is 0 Å². The van der Waals surface area contributed by atoms with E-state index in [1.165, 1.54) is 12.8 Å². The Labute approximate surface area is 86.5 Å². The van der Waals surface area contributed by atoms with Gasteiger partial charge in [0.1, 0.15) is 0 Å². The van der Waals surface area contributed by atoms with Gasteiger partial charge in [0.2, 0.25) is 0 Å². The highest BCUT2D eigenvalue weighted by Crippen LogP contribution is 2.29. The van der Waals surface area contributed by atoms with E-state index in [1.54, 1.807) is 0 Å². The minimum Gasteiger partial charge on any atom is -0.393 e. The molecule has 82 valence electrons. The highest BCUT2D eigenvalue weighted by Gasteiger charge is 2.32. The van der Waals surface area contributed by atoms with E-state index in [2.05, 4.69) is 17.3 Å². The van der Waals surface area contributed by atoms with E-state index in [0.29, 0.717) is 5.92 Å². The van der Waals surface area contributed by atoms with E-state index >= 15 is 0 Å². The Hall–Kier alpha value is -0.120. The second-order valence-corrected chi connectivity index (χ2v) is 4.87. The Bertz CT molecular complexity index is 180. The molecule has 2 rings (SSSR count). The zero-order valence-corrected chi connectivity index (χ0v) is 9.08. The number of nitrogens with zero attached hydrogens (tertiary/aromatic N) is 1. The van der Waals surface area contributed by atoms with Gasteiger partial charge >= 0.3 is 0 Å². The lowest BCUT2D eigenvalue weighted by Crippen LogP contribution is -2.46. The van der Waals surface area contributed by atoms with Crippen molar-refractivity contribution in [1.29, 1.82) is 0 Å². The summed E-state index contributed by atoms with van der Waals surface area (Å²) in [7, 11) is 2.17. The van der Waals surface area contributed by atoms with E-state index in [9.17, 15) is 5.11 Å². The first-order valence-electron chi connectivity index (χ1n) is 5.84. The van der Waals surface area contributed by atoms with E-state index in [1.807, 2.05) is 0 Å². The van der Waals surface area contributed by atoms with Gasteiger partial charge in [-0.05, 0) is 45.3 Å². The lowest BCUT2D eigenvalue weighted by molar-refractivity contribution is -0.000140. The lowest BCUT2D eigenvalue weighted by atomic mass is 9.78. The summed E-state index contributed by atoms with van der Waals surface area (Å²) in [6.07, 6.45) is 3.41. The maximum absolute atomic E-state index is 9.99. The van der Waals surface area contributed by atoms with E-state index in [-0.39, 0.29) is 6.10 Å². The van der Waals surface area contributed by atoms with Gasteiger partial charge in [0.15, 0.2) is 0 Å². The van der Waals surface area contributed by atoms with Crippen molar-refractivity contribution in [3.8, 4) is 0 Å². The van der Waals surface area contributed by atoms with Crippen molar-refractivity contribution in [3.05, 3.63) is 0 Å². The largest absolute Gasteiger partial charge is 0.393 e. The van der Waals surface area contributed by atoms with Crippen LogP contribution in [0.1, 0.15) is 19.3 Å². The van der Waals surface area contributed by atoms with Crippen molar-refractivity contribution in [2.45, 2.75) is 25.4 Å². The zero-order chi connectivity index (χ0) is 9.97. The van der Waals surface area contributed by atoms with E-state index in [0.717, 1.165) is 38.5 Å². The summed E-state index contributed by atoms with van der Waals surface area (Å²) in [4.78, 5) is 2.36. The van der Waals surface area contributed by atoms with Gasteiger partial charge < -0.3 is 15.3 Å². The number of aliphatic hydroxyl groups excluding tert-OH is 1. The molecule has 0 spiro atoms. The molecule has 2 atom stereocenters. The van der Waals surface area contributed by atoms with Crippen LogP contribution in [0, 0.1) is 11.8 Å². The number of nitrogens with one attached hydrogen (secondary N) is 1. The molecule has 2 unspecified atom stereocenters. The van der Waals surface area contributed by atoms with Gasteiger partial charge in [0, 0.05) is 19.0 Å². The van der Waals surface area contributed by atoms with Gasteiger partial charge in [-0.1, -0.05) is 0 Å². The Morgan fingerprint density at radius 3 is 2.64 bits per heavy atom. The molecule has 0 radical (unpaired) electrons. The first kappa shape index (κ1) is 10.4. The molecule has 3 nitrogen and oxygen atoms in total. The predicted molar refractivity (Wildman–Crippen MR) is 57.2 cm³/mol. The summed E-state index contributed by atoms with van der Waals surface area (Å²) in [6.45, 7) is 4.42. The molecule has 0 amide bonds. The van der Waals surface area contributed by atoms with Crippen molar-refractivity contribution < 1.29 is 5.11 Å². The van der Waals surface area contributed by atoms with Crippen LogP contribution in [-0.4, -0.2) is 49.3 Å². The van der Waals surface area contributed by atoms with Gasteiger partial charge in [-0.25, -0.2) is 0 Å². The van der Waals surface area contributed by atoms with Crippen molar-refractivity contribution in [2.24, 2.45) is 11.8 Å². The number of rotatable bonds is 1. The van der Waals surface area contributed by atoms with Crippen LogP contribution in [0.25, 0.3) is 0 Å². The average Bonchev–Trinajstić information content (AvgIpc) is 2.23. The molecule has 2 N–H and O–H groups in total. The van der Waals surface area contributed by atoms with Gasteiger partial charge in [-0.3, -0.25) is 0 Å². The van der Waals surface area contributed by atoms with Crippen LogP contribution >= 0.6 is 0 Å². The molecule has 0 saturated carbocycles. The van der Waals surface area contributed by atoms with Crippen LogP contribution in [0.15, 0.2) is 0 Å². The highest BCUT2D eigenvalue weighted by molar-refractivity contribution is 4.85. The van der Waals surface area contributed by atoms with Crippen molar-refractivity contribution in [2.75, 3.05) is 33.2 Å². The SMILES string of the molecule is CN1CCC(O)C(C2CCNCC2)C1. The summed E-state index contributed by atoms with van der Waals surface area (Å²) in [5.74, 6) is 1.27. The number of hydrogen-bond acceptors (Lipinski definition) is 3.